The Morgan fingerprint density at radius 2 is 1.90 bits per heavy atom. The first-order chi connectivity index (χ1) is 14.7. The lowest BCUT2D eigenvalue weighted by Gasteiger charge is -2.22. The van der Waals surface area contributed by atoms with Crippen molar-refractivity contribution in [3.05, 3.63) is 65.4 Å². The zero-order valence-electron chi connectivity index (χ0n) is 17.7. The highest BCUT2D eigenvalue weighted by atomic mass is 16.5. The molecule has 1 heterocycles. The summed E-state index contributed by atoms with van der Waals surface area (Å²) >= 11 is 0. The topological polar surface area (TPSA) is 63.5 Å². The van der Waals surface area contributed by atoms with Crippen LogP contribution in [0.25, 0.3) is 11.0 Å². The number of hydrogen-bond donors (Lipinski definition) is 2. The minimum absolute atomic E-state index is 0.142. The van der Waals surface area contributed by atoms with Gasteiger partial charge in [-0.2, -0.15) is 0 Å². The molecule has 1 saturated carbocycles. The van der Waals surface area contributed by atoms with Crippen LogP contribution < -0.4 is 15.4 Å². The molecule has 1 atom stereocenters. The summed E-state index contributed by atoms with van der Waals surface area (Å²) in [5, 5.41) is 7.61. The maximum absolute atomic E-state index is 12.8. The molecule has 0 saturated heterocycles. The van der Waals surface area contributed by atoms with Crippen LogP contribution in [0.3, 0.4) is 0 Å². The lowest BCUT2D eigenvalue weighted by Crippen LogP contribution is -2.35. The maximum Gasteiger partial charge on any atom is 0.287 e. The zero-order chi connectivity index (χ0) is 20.9. The van der Waals surface area contributed by atoms with Crippen molar-refractivity contribution in [2.75, 3.05) is 7.11 Å². The third kappa shape index (κ3) is 4.51. The monoisotopic (exact) mass is 406 g/mol. The van der Waals surface area contributed by atoms with Gasteiger partial charge in [-0.1, -0.05) is 55.7 Å². The molecule has 30 heavy (non-hydrogen) atoms. The molecule has 1 aliphatic carbocycles. The predicted octanol–water partition coefficient (Wildman–Crippen LogP) is 5.35. The molecule has 158 valence electrons. The minimum atomic E-state index is -0.142. The Balaban J connectivity index is 1.54. The fourth-order valence-electron chi connectivity index (χ4n) is 4.21. The lowest BCUT2D eigenvalue weighted by molar-refractivity contribution is 0.0901. The summed E-state index contributed by atoms with van der Waals surface area (Å²) in [7, 11) is 1.62. The second-order valence-corrected chi connectivity index (χ2v) is 8.10. The quantitative estimate of drug-likeness (QED) is 0.555. The van der Waals surface area contributed by atoms with Crippen LogP contribution >= 0.6 is 0 Å². The molecule has 0 aliphatic heterocycles. The van der Waals surface area contributed by atoms with Gasteiger partial charge in [0.2, 0.25) is 0 Å². The van der Waals surface area contributed by atoms with Gasteiger partial charge in [0, 0.05) is 24.0 Å². The van der Waals surface area contributed by atoms with Gasteiger partial charge < -0.3 is 19.8 Å². The van der Waals surface area contributed by atoms with Gasteiger partial charge in [0.05, 0.1) is 7.11 Å². The second-order valence-electron chi connectivity index (χ2n) is 8.10. The van der Waals surface area contributed by atoms with E-state index >= 15 is 0 Å². The van der Waals surface area contributed by atoms with E-state index in [-0.39, 0.29) is 18.0 Å². The molecular formula is C25H30N2O3. The van der Waals surface area contributed by atoms with Crippen LogP contribution in [0, 0.1) is 0 Å². The molecule has 1 fully saturated rings. The van der Waals surface area contributed by atoms with E-state index in [4.69, 9.17) is 9.15 Å². The van der Waals surface area contributed by atoms with Crippen molar-refractivity contribution < 1.29 is 13.9 Å². The molecule has 5 nitrogen and oxygen atoms in total. The fourth-order valence-corrected chi connectivity index (χ4v) is 4.21. The van der Waals surface area contributed by atoms with E-state index in [0.717, 1.165) is 23.8 Å². The summed E-state index contributed by atoms with van der Waals surface area (Å²) in [5.41, 5.74) is 2.94. The largest absolute Gasteiger partial charge is 0.493 e. The normalized spacial score (nSPS) is 15.8. The van der Waals surface area contributed by atoms with Crippen molar-refractivity contribution in [3.63, 3.8) is 0 Å². The van der Waals surface area contributed by atoms with Gasteiger partial charge in [-0.05, 0) is 43.0 Å². The maximum atomic E-state index is 12.8. The molecule has 5 heteroatoms. The molecule has 1 aromatic heterocycles. The number of ether oxygens (including phenoxy) is 1. The van der Waals surface area contributed by atoms with Crippen molar-refractivity contribution >= 4 is 16.9 Å². The van der Waals surface area contributed by atoms with E-state index in [0.29, 0.717) is 23.6 Å². The van der Waals surface area contributed by atoms with Crippen molar-refractivity contribution in [2.24, 2.45) is 0 Å². The molecule has 4 rings (SSSR count). The number of methoxy groups -OCH3 is 1. The highest BCUT2D eigenvalue weighted by Crippen LogP contribution is 2.32. The number of carbonyl (C=O) groups excluding carboxylic acids is 1. The molecule has 0 radical (unpaired) electrons. The van der Waals surface area contributed by atoms with Gasteiger partial charge in [0.15, 0.2) is 17.1 Å². The van der Waals surface area contributed by atoms with Gasteiger partial charge >= 0.3 is 0 Å². The van der Waals surface area contributed by atoms with Crippen molar-refractivity contribution in [1.29, 1.82) is 0 Å². The molecule has 1 amide bonds. The number of furan rings is 1. The van der Waals surface area contributed by atoms with Crippen LogP contribution in [0.1, 0.15) is 66.8 Å². The van der Waals surface area contributed by atoms with E-state index in [2.05, 4.69) is 29.7 Å². The summed E-state index contributed by atoms with van der Waals surface area (Å²) in [6, 6.07) is 16.6. The van der Waals surface area contributed by atoms with Gasteiger partial charge in [-0.15, -0.1) is 0 Å². The first-order valence-electron chi connectivity index (χ1n) is 10.8. The number of hydrogen-bond acceptors (Lipinski definition) is 4. The Morgan fingerprint density at radius 3 is 2.63 bits per heavy atom. The second kappa shape index (κ2) is 9.35. The molecule has 1 unspecified atom stereocenters. The van der Waals surface area contributed by atoms with Crippen molar-refractivity contribution in [3.8, 4) is 5.75 Å². The molecule has 1 aliphatic rings. The van der Waals surface area contributed by atoms with Gasteiger partial charge in [-0.25, -0.2) is 0 Å². The van der Waals surface area contributed by atoms with E-state index in [9.17, 15) is 4.79 Å². The summed E-state index contributed by atoms with van der Waals surface area (Å²) in [6.45, 7) is 2.81. The average molecular weight is 407 g/mol. The highest BCUT2D eigenvalue weighted by molar-refractivity contribution is 5.98. The number of carbonyl (C=O) groups is 1. The SMILES string of the molecule is COc1ccc(CNC(C)c2ccccc2)c2cc(C(=O)NC3CCCCC3)oc12. The van der Waals surface area contributed by atoms with E-state index < -0.39 is 0 Å². The smallest absolute Gasteiger partial charge is 0.287 e. The van der Waals surface area contributed by atoms with Crippen LogP contribution in [0.4, 0.5) is 0 Å². The first-order valence-corrected chi connectivity index (χ1v) is 10.8. The summed E-state index contributed by atoms with van der Waals surface area (Å²) in [5.74, 6) is 0.843. The number of benzene rings is 2. The molecule has 2 N–H and O–H groups in total. The van der Waals surface area contributed by atoms with Crippen molar-refractivity contribution in [2.45, 2.75) is 57.7 Å². The predicted molar refractivity (Wildman–Crippen MR) is 119 cm³/mol. The first kappa shape index (κ1) is 20.5. The standard InChI is InChI=1S/C25H30N2O3/c1-17(18-9-5-3-6-10-18)26-16-19-13-14-22(29-2)24-21(19)15-23(30-24)25(28)27-20-11-7-4-8-12-20/h3,5-6,9-10,13-15,17,20,26H,4,7-8,11-12,16H2,1-2H3,(H,27,28). The summed E-state index contributed by atoms with van der Waals surface area (Å²) < 4.78 is 11.4. The Hall–Kier alpha value is -2.79. The molecular weight excluding hydrogens is 376 g/mol. The molecule has 2 aromatic carbocycles. The van der Waals surface area contributed by atoms with Crippen LogP contribution in [0.15, 0.2) is 52.9 Å². The number of rotatable bonds is 7. The van der Waals surface area contributed by atoms with Crippen LogP contribution in [0.2, 0.25) is 0 Å². The van der Waals surface area contributed by atoms with Gasteiger partial charge in [0.1, 0.15) is 0 Å². The Kier molecular flexibility index (Phi) is 6.38. The van der Waals surface area contributed by atoms with Crippen LogP contribution in [0.5, 0.6) is 5.75 Å². The van der Waals surface area contributed by atoms with E-state index in [1.165, 1.54) is 24.8 Å². The zero-order valence-corrected chi connectivity index (χ0v) is 17.7. The Labute approximate surface area is 177 Å². The van der Waals surface area contributed by atoms with E-state index in [1.54, 1.807) is 7.11 Å². The van der Waals surface area contributed by atoms with Gasteiger partial charge in [-0.3, -0.25) is 4.79 Å². The van der Waals surface area contributed by atoms with Crippen molar-refractivity contribution in [1.82, 2.24) is 10.6 Å². The highest BCUT2D eigenvalue weighted by Gasteiger charge is 2.21. The average Bonchev–Trinajstić information content (AvgIpc) is 3.24. The molecule has 3 aromatic rings. The minimum Gasteiger partial charge on any atom is -0.493 e. The fraction of sp³-hybridized carbons (Fsp3) is 0.400. The Bertz CT molecular complexity index is 990. The van der Waals surface area contributed by atoms with Gasteiger partial charge in [0.25, 0.3) is 5.91 Å². The third-order valence-corrected chi connectivity index (χ3v) is 6.02. The number of fused-ring (bicyclic) bond motifs is 1. The summed E-state index contributed by atoms with van der Waals surface area (Å²) in [6.07, 6.45) is 5.69. The van der Waals surface area contributed by atoms with Crippen LogP contribution in [-0.4, -0.2) is 19.1 Å². The van der Waals surface area contributed by atoms with Crippen LogP contribution in [-0.2, 0) is 6.54 Å². The number of nitrogens with one attached hydrogen (secondary N) is 2. The Morgan fingerprint density at radius 1 is 1.13 bits per heavy atom. The molecule has 0 spiro atoms. The lowest BCUT2D eigenvalue weighted by atomic mass is 9.95. The summed E-state index contributed by atoms with van der Waals surface area (Å²) in [4.78, 5) is 12.8. The van der Waals surface area contributed by atoms with E-state index in [1.807, 2.05) is 36.4 Å². The molecule has 0 bridgehead atoms. The number of amides is 1. The third-order valence-electron chi connectivity index (χ3n) is 6.02.